The van der Waals surface area contributed by atoms with Gasteiger partial charge in [-0.05, 0) is 36.8 Å². The highest BCUT2D eigenvalue weighted by Gasteiger charge is 2.22. The number of hydrogen-bond donors (Lipinski definition) is 3. The Bertz CT molecular complexity index is 695. The Morgan fingerprint density at radius 2 is 1.89 bits per heavy atom. The molecule has 0 heterocycles. The van der Waals surface area contributed by atoms with Gasteiger partial charge in [0.05, 0.1) is 12.5 Å². The molecule has 2 aromatic carbocycles. The number of carbonyl (C=O) groups excluding carboxylic acids is 1. The van der Waals surface area contributed by atoms with Gasteiger partial charge >= 0.3 is 0 Å². The molecule has 0 saturated heterocycles. The van der Waals surface area contributed by atoms with Crippen LogP contribution in [-0.2, 0) is 9.53 Å². The number of benzene rings is 2. The maximum atomic E-state index is 12.7. The SMILES string of the molecule is CCN(CCNc1ccc(Cl)cc1)C(=O)C[C@@H](OC(N)O)c1ccccc1. The summed E-state index contributed by atoms with van der Waals surface area (Å²) in [6.45, 7) is 3.66. The fourth-order valence-corrected chi connectivity index (χ4v) is 2.86. The zero-order valence-corrected chi connectivity index (χ0v) is 16.1. The molecule has 0 fully saturated rings. The molecule has 0 aliphatic rings. The molecule has 1 unspecified atom stereocenters. The van der Waals surface area contributed by atoms with Gasteiger partial charge in [0.2, 0.25) is 12.3 Å². The minimum absolute atomic E-state index is 0.0649. The van der Waals surface area contributed by atoms with E-state index in [4.69, 9.17) is 22.1 Å². The summed E-state index contributed by atoms with van der Waals surface area (Å²) in [6, 6.07) is 16.7. The van der Waals surface area contributed by atoms with Crippen molar-refractivity contribution in [3.8, 4) is 0 Å². The molecule has 0 spiro atoms. The highest BCUT2D eigenvalue weighted by atomic mass is 35.5. The topological polar surface area (TPSA) is 87.8 Å². The standard InChI is InChI=1S/C20H26ClN3O3/c1-2-24(13-12-23-17-10-8-16(21)9-11-17)19(25)14-18(27-20(22)26)15-6-4-3-5-7-15/h3-11,18,20,23,26H,2,12-14,22H2,1H3/t18-,20?/m1/s1. The molecular weight excluding hydrogens is 366 g/mol. The highest BCUT2D eigenvalue weighted by Crippen LogP contribution is 2.22. The summed E-state index contributed by atoms with van der Waals surface area (Å²) in [6.07, 6.45) is -1.94. The molecule has 146 valence electrons. The van der Waals surface area contributed by atoms with Gasteiger partial charge in [0, 0.05) is 30.3 Å². The third kappa shape index (κ3) is 7.19. The number of aliphatic hydroxyl groups is 1. The van der Waals surface area contributed by atoms with Crippen LogP contribution < -0.4 is 11.1 Å². The smallest absolute Gasteiger partial charge is 0.225 e. The Balaban J connectivity index is 1.92. The maximum absolute atomic E-state index is 12.7. The molecule has 2 rings (SSSR count). The predicted octanol–water partition coefficient (Wildman–Crippen LogP) is 2.98. The van der Waals surface area contributed by atoms with E-state index in [-0.39, 0.29) is 12.3 Å². The van der Waals surface area contributed by atoms with Gasteiger partial charge in [-0.2, -0.15) is 0 Å². The summed E-state index contributed by atoms with van der Waals surface area (Å²) >= 11 is 5.88. The van der Waals surface area contributed by atoms with Gasteiger partial charge in [0.1, 0.15) is 0 Å². The van der Waals surface area contributed by atoms with Crippen LogP contribution in [-0.4, -0.2) is 42.0 Å². The number of hydrogen-bond acceptors (Lipinski definition) is 5. The van der Waals surface area contributed by atoms with Crippen LogP contribution in [0.15, 0.2) is 54.6 Å². The lowest BCUT2D eigenvalue weighted by atomic mass is 10.1. The number of nitrogens with two attached hydrogens (primary N) is 1. The monoisotopic (exact) mass is 391 g/mol. The Morgan fingerprint density at radius 1 is 1.22 bits per heavy atom. The van der Waals surface area contributed by atoms with Crippen molar-refractivity contribution >= 4 is 23.2 Å². The number of aliphatic hydroxyl groups excluding tert-OH is 1. The normalized spacial score (nSPS) is 13.0. The summed E-state index contributed by atoms with van der Waals surface area (Å²) in [4.78, 5) is 14.4. The molecule has 0 aliphatic heterocycles. The van der Waals surface area contributed by atoms with E-state index in [1.54, 1.807) is 4.90 Å². The Hall–Kier alpha value is -2.12. The minimum Gasteiger partial charge on any atom is -0.383 e. The first kappa shape index (κ1) is 21.2. The Kier molecular flexibility index (Phi) is 8.54. The van der Waals surface area contributed by atoms with E-state index in [9.17, 15) is 9.90 Å². The van der Waals surface area contributed by atoms with Crippen molar-refractivity contribution in [3.05, 3.63) is 65.2 Å². The number of likely N-dealkylation sites (N-methyl/N-ethyl adjacent to an activating group) is 1. The molecular formula is C20H26ClN3O3. The van der Waals surface area contributed by atoms with Crippen molar-refractivity contribution in [2.45, 2.75) is 25.9 Å². The highest BCUT2D eigenvalue weighted by molar-refractivity contribution is 6.30. The Morgan fingerprint density at radius 3 is 2.48 bits per heavy atom. The summed E-state index contributed by atoms with van der Waals surface area (Å²) in [5, 5.41) is 13.3. The number of ether oxygens (including phenoxy) is 1. The van der Waals surface area contributed by atoms with Crippen molar-refractivity contribution in [3.63, 3.8) is 0 Å². The second-order valence-electron chi connectivity index (χ2n) is 6.04. The summed E-state index contributed by atoms with van der Waals surface area (Å²) in [5.41, 5.74) is 7.10. The minimum atomic E-state index is -1.44. The van der Waals surface area contributed by atoms with Crippen molar-refractivity contribution in [1.82, 2.24) is 4.90 Å². The van der Waals surface area contributed by atoms with Gasteiger partial charge in [-0.25, -0.2) is 0 Å². The lowest BCUT2D eigenvalue weighted by Gasteiger charge is -2.25. The zero-order valence-electron chi connectivity index (χ0n) is 15.3. The lowest BCUT2D eigenvalue weighted by Crippen LogP contribution is -2.36. The molecule has 27 heavy (non-hydrogen) atoms. The molecule has 6 nitrogen and oxygen atoms in total. The van der Waals surface area contributed by atoms with Crippen molar-refractivity contribution in [1.29, 1.82) is 0 Å². The van der Waals surface area contributed by atoms with E-state index in [1.807, 2.05) is 61.5 Å². The van der Waals surface area contributed by atoms with Gasteiger partial charge in [-0.3, -0.25) is 10.5 Å². The second kappa shape index (κ2) is 10.9. The van der Waals surface area contributed by atoms with E-state index < -0.39 is 12.5 Å². The summed E-state index contributed by atoms with van der Waals surface area (Å²) in [5.74, 6) is -0.0649. The van der Waals surface area contributed by atoms with Crippen molar-refractivity contribution < 1.29 is 14.6 Å². The zero-order chi connectivity index (χ0) is 19.6. The van der Waals surface area contributed by atoms with Crippen LogP contribution in [0.4, 0.5) is 5.69 Å². The van der Waals surface area contributed by atoms with Crippen molar-refractivity contribution in [2.75, 3.05) is 25.0 Å². The molecule has 0 radical (unpaired) electrons. The fraction of sp³-hybridized carbons (Fsp3) is 0.350. The quantitative estimate of drug-likeness (QED) is 0.542. The van der Waals surface area contributed by atoms with Crippen LogP contribution in [0.5, 0.6) is 0 Å². The number of carbonyl (C=O) groups is 1. The lowest BCUT2D eigenvalue weighted by molar-refractivity contribution is -0.151. The molecule has 0 bridgehead atoms. The summed E-state index contributed by atoms with van der Waals surface area (Å²) < 4.78 is 5.34. The van der Waals surface area contributed by atoms with E-state index in [2.05, 4.69) is 5.32 Å². The second-order valence-corrected chi connectivity index (χ2v) is 6.47. The molecule has 0 saturated carbocycles. The van der Waals surface area contributed by atoms with E-state index >= 15 is 0 Å². The average Bonchev–Trinajstić information content (AvgIpc) is 2.66. The van der Waals surface area contributed by atoms with Crippen LogP contribution in [0, 0.1) is 0 Å². The first-order valence-corrected chi connectivity index (χ1v) is 9.28. The van der Waals surface area contributed by atoms with Crippen molar-refractivity contribution in [2.24, 2.45) is 5.73 Å². The van der Waals surface area contributed by atoms with Crippen LogP contribution in [0.3, 0.4) is 0 Å². The van der Waals surface area contributed by atoms with Crippen LogP contribution in [0.2, 0.25) is 5.02 Å². The number of halogens is 1. The molecule has 1 amide bonds. The molecule has 2 atom stereocenters. The third-order valence-corrected chi connectivity index (χ3v) is 4.38. The largest absolute Gasteiger partial charge is 0.383 e. The van der Waals surface area contributed by atoms with Crippen LogP contribution >= 0.6 is 11.6 Å². The molecule has 0 aliphatic carbocycles. The molecule has 4 N–H and O–H groups in total. The first-order valence-electron chi connectivity index (χ1n) is 8.91. The van der Waals surface area contributed by atoms with Gasteiger partial charge in [-0.15, -0.1) is 0 Å². The molecule has 0 aromatic heterocycles. The number of nitrogens with one attached hydrogen (secondary N) is 1. The molecule has 7 heteroatoms. The van der Waals surface area contributed by atoms with Gasteiger partial charge < -0.3 is 20.1 Å². The van der Waals surface area contributed by atoms with Gasteiger partial charge in [0.25, 0.3) is 0 Å². The number of nitrogens with zero attached hydrogens (tertiary/aromatic N) is 1. The number of amides is 1. The maximum Gasteiger partial charge on any atom is 0.225 e. The number of anilines is 1. The van der Waals surface area contributed by atoms with Gasteiger partial charge in [-0.1, -0.05) is 41.9 Å². The molecule has 2 aromatic rings. The average molecular weight is 392 g/mol. The van der Waals surface area contributed by atoms with Crippen LogP contribution in [0.1, 0.15) is 25.0 Å². The number of rotatable bonds is 10. The van der Waals surface area contributed by atoms with E-state index in [1.165, 1.54) is 0 Å². The summed E-state index contributed by atoms with van der Waals surface area (Å²) in [7, 11) is 0. The van der Waals surface area contributed by atoms with E-state index in [0.29, 0.717) is 24.7 Å². The predicted molar refractivity (Wildman–Crippen MR) is 107 cm³/mol. The third-order valence-electron chi connectivity index (χ3n) is 4.12. The van der Waals surface area contributed by atoms with E-state index in [0.717, 1.165) is 11.3 Å². The van der Waals surface area contributed by atoms with Crippen LogP contribution in [0.25, 0.3) is 0 Å². The fourth-order valence-electron chi connectivity index (χ4n) is 2.73. The first-order chi connectivity index (χ1) is 13.0. The Labute approximate surface area is 164 Å². The van der Waals surface area contributed by atoms with Gasteiger partial charge in [0.15, 0.2) is 0 Å².